The van der Waals surface area contributed by atoms with Crippen LogP contribution in [-0.4, -0.2) is 57.2 Å². The fourth-order valence-corrected chi connectivity index (χ4v) is 4.80. The largest absolute Gasteiger partial charge is 0.485 e. The van der Waals surface area contributed by atoms with Crippen LogP contribution >= 0.6 is 0 Å². The van der Waals surface area contributed by atoms with Gasteiger partial charge in [-0.05, 0) is 35.4 Å². The SMILES string of the molecule is CC(=O)N1CCN(C(=O)CC(c2cccc(F)c2)c2cnc3c(OCc4ccccc4)cccn23)CC1. The first-order valence-corrected chi connectivity index (χ1v) is 12.4. The van der Waals surface area contributed by atoms with E-state index in [1.807, 2.05) is 59.1 Å². The molecule has 0 spiro atoms. The lowest BCUT2D eigenvalue weighted by Crippen LogP contribution is -2.50. The zero-order valence-corrected chi connectivity index (χ0v) is 20.7. The number of carbonyl (C=O) groups excluding carboxylic acids is 2. The molecule has 4 aromatic rings. The van der Waals surface area contributed by atoms with Crippen LogP contribution in [0.4, 0.5) is 4.39 Å². The summed E-state index contributed by atoms with van der Waals surface area (Å²) in [6.45, 7) is 3.95. The molecule has 1 saturated heterocycles. The Kier molecular flexibility index (Phi) is 7.16. The maximum atomic E-state index is 14.2. The highest BCUT2D eigenvalue weighted by Gasteiger charge is 2.28. The third-order valence-electron chi connectivity index (χ3n) is 6.83. The second-order valence-corrected chi connectivity index (χ2v) is 9.22. The third kappa shape index (κ3) is 5.48. The van der Waals surface area contributed by atoms with Gasteiger partial charge in [0.1, 0.15) is 12.4 Å². The Bertz CT molecular complexity index is 1400. The molecule has 1 unspecified atom stereocenters. The fourth-order valence-electron chi connectivity index (χ4n) is 4.80. The quantitative estimate of drug-likeness (QED) is 0.380. The van der Waals surface area contributed by atoms with Gasteiger partial charge in [0.25, 0.3) is 0 Å². The molecule has 1 fully saturated rings. The van der Waals surface area contributed by atoms with Gasteiger partial charge in [-0.3, -0.25) is 9.59 Å². The average Bonchev–Trinajstić information content (AvgIpc) is 3.35. The molecule has 0 N–H and O–H groups in total. The lowest BCUT2D eigenvalue weighted by molar-refractivity contribution is -0.138. The molecule has 0 aliphatic carbocycles. The number of piperazine rings is 1. The van der Waals surface area contributed by atoms with Gasteiger partial charge in [-0.15, -0.1) is 0 Å². The van der Waals surface area contributed by atoms with Crippen molar-refractivity contribution in [3.63, 3.8) is 0 Å². The van der Waals surface area contributed by atoms with Crippen molar-refractivity contribution < 1.29 is 18.7 Å². The number of ether oxygens (including phenoxy) is 1. The van der Waals surface area contributed by atoms with Gasteiger partial charge in [-0.1, -0.05) is 42.5 Å². The monoisotopic (exact) mass is 500 g/mol. The summed E-state index contributed by atoms with van der Waals surface area (Å²) in [5.74, 6) is -0.161. The number of hydrogen-bond acceptors (Lipinski definition) is 4. The van der Waals surface area contributed by atoms with Gasteiger partial charge >= 0.3 is 0 Å². The van der Waals surface area contributed by atoms with Gasteiger partial charge in [0, 0.05) is 57.8 Å². The molecule has 7 nitrogen and oxygen atoms in total. The number of rotatable bonds is 7. The topological polar surface area (TPSA) is 67.2 Å². The molecule has 1 atom stereocenters. The first-order valence-electron chi connectivity index (χ1n) is 12.4. The molecule has 5 rings (SSSR count). The zero-order chi connectivity index (χ0) is 25.8. The summed E-state index contributed by atoms with van der Waals surface area (Å²) >= 11 is 0. The van der Waals surface area contributed by atoms with E-state index in [2.05, 4.69) is 4.98 Å². The van der Waals surface area contributed by atoms with E-state index in [9.17, 15) is 14.0 Å². The summed E-state index contributed by atoms with van der Waals surface area (Å²) in [6, 6.07) is 20.0. The molecular formula is C29H29FN4O3. The maximum Gasteiger partial charge on any atom is 0.223 e. The van der Waals surface area contributed by atoms with Gasteiger partial charge in [0.15, 0.2) is 11.4 Å². The highest BCUT2D eigenvalue weighted by Crippen LogP contribution is 2.32. The lowest BCUT2D eigenvalue weighted by atomic mass is 9.92. The number of imidazole rings is 1. The van der Waals surface area contributed by atoms with Crippen LogP contribution in [0.1, 0.15) is 36.1 Å². The molecule has 2 amide bonds. The van der Waals surface area contributed by atoms with Gasteiger partial charge in [0.05, 0.1) is 5.69 Å². The van der Waals surface area contributed by atoms with Crippen molar-refractivity contribution in [2.24, 2.45) is 0 Å². The van der Waals surface area contributed by atoms with Crippen LogP contribution in [0.15, 0.2) is 79.1 Å². The second kappa shape index (κ2) is 10.8. The summed E-state index contributed by atoms with van der Waals surface area (Å²) in [7, 11) is 0. The van der Waals surface area contributed by atoms with Crippen molar-refractivity contribution >= 4 is 17.5 Å². The van der Waals surface area contributed by atoms with Crippen molar-refractivity contribution in [2.45, 2.75) is 25.9 Å². The van der Waals surface area contributed by atoms with Crippen molar-refractivity contribution in [2.75, 3.05) is 26.2 Å². The van der Waals surface area contributed by atoms with E-state index in [-0.39, 0.29) is 24.1 Å². The average molecular weight is 501 g/mol. The van der Waals surface area contributed by atoms with Crippen LogP contribution in [0.2, 0.25) is 0 Å². The van der Waals surface area contributed by atoms with E-state index in [1.54, 1.807) is 29.0 Å². The number of fused-ring (bicyclic) bond motifs is 1. The molecule has 8 heteroatoms. The van der Waals surface area contributed by atoms with E-state index < -0.39 is 5.92 Å². The Balaban J connectivity index is 1.42. The Morgan fingerprint density at radius 3 is 2.46 bits per heavy atom. The number of pyridine rings is 1. The van der Waals surface area contributed by atoms with E-state index >= 15 is 0 Å². The van der Waals surface area contributed by atoms with Gasteiger partial charge in [-0.25, -0.2) is 9.37 Å². The third-order valence-corrected chi connectivity index (χ3v) is 6.83. The Hall–Kier alpha value is -4.20. The minimum Gasteiger partial charge on any atom is -0.485 e. The lowest BCUT2D eigenvalue weighted by Gasteiger charge is -2.35. The molecule has 0 radical (unpaired) electrons. The molecule has 2 aromatic carbocycles. The normalized spacial score (nSPS) is 14.5. The minimum atomic E-state index is -0.409. The number of halogens is 1. The number of amides is 2. The fraction of sp³-hybridized carbons (Fsp3) is 0.276. The van der Waals surface area contributed by atoms with Crippen molar-refractivity contribution in [1.29, 1.82) is 0 Å². The Morgan fingerprint density at radius 1 is 0.973 bits per heavy atom. The number of carbonyl (C=O) groups is 2. The molecule has 1 aliphatic rings. The summed E-state index contributed by atoms with van der Waals surface area (Å²) in [5, 5.41) is 0. The number of benzene rings is 2. The first-order chi connectivity index (χ1) is 18.0. The number of aromatic nitrogens is 2. The van der Waals surface area contributed by atoms with Crippen LogP contribution in [0.25, 0.3) is 5.65 Å². The molecule has 2 aromatic heterocycles. The van der Waals surface area contributed by atoms with Crippen molar-refractivity contribution in [1.82, 2.24) is 19.2 Å². The van der Waals surface area contributed by atoms with E-state index in [0.717, 1.165) is 11.3 Å². The summed E-state index contributed by atoms with van der Waals surface area (Å²) in [5.41, 5.74) is 3.16. The van der Waals surface area contributed by atoms with Crippen molar-refractivity contribution in [3.05, 3.63) is 102 Å². The molecule has 190 valence electrons. The first kappa shape index (κ1) is 24.5. The van der Waals surface area contributed by atoms with Crippen LogP contribution in [-0.2, 0) is 16.2 Å². The van der Waals surface area contributed by atoms with Crippen LogP contribution in [0, 0.1) is 5.82 Å². The zero-order valence-electron chi connectivity index (χ0n) is 20.7. The van der Waals surface area contributed by atoms with Crippen LogP contribution < -0.4 is 4.74 Å². The summed E-state index contributed by atoms with van der Waals surface area (Å²) in [4.78, 5) is 33.2. The Labute approximate surface area is 215 Å². The van der Waals surface area contributed by atoms with Crippen LogP contribution in [0.5, 0.6) is 5.75 Å². The molecule has 1 aliphatic heterocycles. The minimum absolute atomic E-state index is 0.0146. The van der Waals surface area contributed by atoms with E-state index in [0.29, 0.717) is 49.7 Å². The molecule has 37 heavy (non-hydrogen) atoms. The number of nitrogens with zero attached hydrogens (tertiary/aromatic N) is 4. The smallest absolute Gasteiger partial charge is 0.223 e. The predicted octanol–water partition coefficient (Wildman–Crippen LogP) is 4.27. The highest BCUT2D eigenvalue weighted by atomic mass is 19.1. The van der Waals surface area contributed by atoms with E-state index in [4.69, 9.17) is 4.74 Å². The maximum absolute atomic E-state index is 14.2. The standard InChI is InChI=1S/C29H29FN4O3/c1-21(35)32-13-15-33(16-14-32)28(36)18-25(23-9-5-10-24(30)17-23)26-19-31-29-27(11-6-12-34(26)29)37-20-22-7-3-2-4-8-22/h2-12,17,19,25H,13-16,18,20H2,1H3. The molecule has 0 saturated carbocycles. The van der Waals surface area contributed by atoms with Gasteiger partial charge < -0.3 is 18.9 Å². The highest BCUT2D eigenvalue weighted by molar-refractivity contribution is 5.79. The molecular weight excluding hydrogens is 471 g/mol. The second-order valence-electron chi connectivity index (χ2n) is 9.22. The van der Waals surface area contributed by atoms with Gasteiger partial charge in [-0.2, -0.15) is 0 Å². The molecule has 3 heterocycles. The van der Waals surface area contributed by atoms with Gasteiger partial charge in [0.2, 0.25) is 11.8 Å². The number of hydrogen-bond donors (Lipinski definition) is 0. The summed E-state index contributed by atoms with van der Waals surface area (Å²) < 4.78 is 22.2. The predicted molar refractivity (Wildman–Crippen MR) is 138 cm³/mol. The van der Waals surface area contributed by atoms with Crippen molar-refractivity contribution in [3.8, 4) is 5.75 Å². The van der Waals surface area contributed by atoms with E-state index in [1.165, 1.54) is 12.1 Å². The molecule has 0 bridgehead atoms. The summed E-state index contributed by atoms with van der Waals surface area (Å²) in [6.07, 6.45) is 3.78. The van der Waals surface area contributed by atoms with Crippen LogP contribution in [0.3, 0.4) is 0 Å². The Morgan fingerprint density at radius 2 is 1.73 bits per heavy atom.